The fraction of sp³-hybridized carbons (Fsp3) is 1.00. The summed E-state index contributed by atoms with van der Waals surface area (Å²) in [6, 6.07) is 0.758. The van der Waals surface area contributed by atoms with Crippen LogP contribution in [0.2, 0.25) is 0 Å². The normalized spacial score (nSPS) is 28.9. The zero-order valence-corrected chi connectivity index (χ0v) is 11.0. The molecule has 2 heterocycles. The van der Waals surface area contributed by atoms with Crippen LogP contribution in [0.5, 0.6) is 0 Å². The summed E-state index contributed by atoms with van der Waals surface area (Å²) in [5.41, 5.74) is 0. The highest BCUT2D eigenvalue weighted by Gasteiger charge is 2.13. The summed E-state index contributed by atoms with van der Waals surface area (Å²) >= 11 is 2.09. The van der Waals surface area contributed by atoms with E-state index in [1.165, 1.54) is 70.0 Å². The Labute approximate surface area is 104 Å². The Morgan fingerprint density at radius 3 is 2.94 bits per heavy atom. The molecule has 0 spiro atoms. The quantitative estimate of drug-likeness (QED) is 0.763. The van der Waals surface area contributed by atoms with Crippen molar-refractivity contribution in [3.8, 4) is 0 Å². The van der Waals surface area contributed by atoms with Gasteiger partial charge in [-0.15, -0.1) is 0 Å². The number of thioether (sulfide) groups is 1. The number of rotatable bonds is 4. The second-order valence-corrected chi connectivity index (χ2v) is 6.01. The van der Waals surface area contributed by atoms with Crippen LogP contribution in [0.15, 0.2) is 0 Å². The number of nitrogens with one attached hydrogen (secondary N) is 2. The first kappa shape index (κ1) is 12.7. The second kappa shape index (κ2) is 7.54. The van der Waals surface area contributed by atoms with E-state index in [-0.39, 0.29) is 0 Å². The zero-order valence-electron chi connectivity index (χ0n) is 10.2. The van der Waals surface area contributed by atoms with Crippen molar-refractivity contribution in [2.75, 3.05) is 50.8 Å². The minimum absolute atomic E-state index is 0.758. The van der Waals surface area contributed by atoms with Crippen LogP contribution >= 0.6 is 11.8 Å². The maximum Gasteiger partial charge on any atom is 0.0108 e. The van der Waals surface area contributed by atoms with Gasteiger partial charge in [-0.05, 0) is 32.4 Å². The predicted molar refractivity (Wildman–Crippen MR) is 72.3 cm³/mol. The third-order valence-corrected chi connectivity index (χ3v) is 4.48. The van der Waals surface area contributed by atoms with Crippen molar-refractivity contribution in [3.63, 3.8) is 0 Å². The average Bonchev–Trinajstić information content (AvgIpc) is 2.59. The summed E-state index contributed by atoms with van der Waals surface area (Å²) in [5.74, 6) is 2.65. The molecule has 0 aromatic heterocycles. The first-order valence-electron chi connectivity index (χ1n) is 6.69. The fourth-order valence-corrected chi connectivity index (χ4v) is 3.45. The lowest BCUT2D eigenvalue weighted by Crippen LogP contribution is -2.40. The first-order chi connectivity index (χ1) is 7.95. The number of hydrogen-bond acceptors (Lipinski definition) is 4. The van der Waals surface area contributed by atoms with E-state index >= 15 is 0 Å². The smallest absolute Gasteiger partial charge is 0.0108 e. The third kappa shape index (κ3) is 4.62. The Hall–Kier alpha value is 0.230. The molecule has 0 amide bonds. The molecule has 2 rings (SSSR count). The van der Waals surface area contributed by atoms with Gasteiger partial charge in [0.15, 0.2) is 0 Å². The Kier molecular flexibility index (Phi) is 5.97. The molecule has 2 fully saturated rings. The molecular formula is C12H25N3S. The van der Waals surface area contributed by atoms with Crippen molar-refractivity contribution in [2.45, 2.75) is 25.3 Å². The molecule has 0 saturated carbocycles. The molecule has 0 aromatic rings. The van der Waals surface area contributed by atoms with Gasteiger partial charge in [-0.2, -0.15) is 11.8 Å². The van der Waals surface area contributed by atoms with E-state index in [1.807, 2.05) is 0 Å². The molecule has 0 aliphatic carbocycles. The summed E-state index contributed by atoms with van der Waals surface area (Å²) in [5, 5.41) is 7.18. The molecule has 3 nitrogen and oxygen atoms in total. The molecule has 4 heteroatoms. The molecular weight excluding hydrogens is 218 g/mol. The lowest BCUT2D eigenvalue weighted by Gasteiger charge is -2.27. The Bertz CT molecular complexity index is 175. The average molecular weight is 243 g/mol. The highest BCUT2D eigenvalue weighted by atomic mass is 32.2. The maximum atomic E-state index is 3.72. The van der Waals surface area contributed by atoms with Crippen molar-refractivity contribution >= 4 is 11.8 Å². The van der Waals surface area contributed by atoms with E-state index in [4.69, 9.17) is 0 Å². The van der Waals surface area contributed by atoms with Crippen LogP contribution in [0.1, 0.15) is 19.3 Å². The lowest BCUT2D eigenvalue weighted by molar-refractivity contribution is 0.292. The van der Waals surface area contributed by atoms with Gasteiger partial charge < -0.3 is 15.5 Å². The summed E-state index contributed by atoms with van der Waals surface area (Å²) < 4.78 is 0. The van der Waals surface area contributed by atoms with Gasteiger partial charge in [-0.25, -0.2) is 0 Å². The van der Waals surface area contributed by atoms with Gasteiger partial charge in [-0.3, -0.25) is 0 Å². The van der Waals surface area contributed by atoms with Gasteiger partial charge in [0.25, 0.3) is 0 Å². The lowest BCUT2D eigenvalue weighted by atomic mass is 10.1. The van der Waals surface area contributed by atoms with E-state index in [1.54, 1.807) is 0 Å². The largest absolute Gasteiger partial charge is 0.317 e. The molecule has 2 aliphatic rings. The van der Waals surface area contributed by atoms with E-state index in [2.05, 4.69) is 27.3 Å². The van der Waals surface area contributed by atoms with Crippen LogP contribution in [0, 0.1) is 0 Å². The Morgan fingerprint density at radius 1 is 1.19 bits per heavy atom. The number of hydrogen-bond donors (Lipinski definition) is 2. The first-order valence-corrected chi connectivity index (χ1v) is 7.85. The summed E-state index contributed by atoms with van der Waals surface area (Å²) in [7, 11) is 0. The van der Waals surface area contributed by atoms with E-state index in [9.17, 15) is 0 Å². The molecule has 0 bridgehead atoms. The monoisotopic (exact) mass is 243 g/mol. The molecule has 2 N–H and O–H groups in total. The third-order valence-electron chi connectivity index (χ3n) is 3.54. The van der Waals surface area contributed by atoms with Crippen LogP contribution in [-0.2, 0) is 0 Å². The van der Waals surface area contributed by atoms with Crippen LogP contribution in [0.3, 0.4) is 0 Å². The van der Waals surface area contributed by atoms with E-state index in [0.29, 0.717) is 0 Å². The Morgan fingerprint density at radius 2 is 2.06 bits per heavy atom. The van der Waals surface area contributed by atoms with Crippen molar-refractivity contribution in [1.82, 2.24) is 15.5 Å². The molecule has 0 aromatic carbocycles. The van der Waals surface area contributed by atoms with E-state index in [0.717, 1.165) is 6.04 Å². The van der Waals surface area contributed by atoms with Crippen molar-refractivity contribution < 1.29 is 0 Å². The second-order valence-electron chi connectivity index (χ2n) is 4.79. The zero-order chi connectivity index (χ0) is 11.1. The molecule has 16 heavy (non-hydrogen) atoms. The summed E-state index contributed by atoms with van der Waals surface area (Å²) in [6.45, 7) is 7.40. The fourth-order valence-electron chi connectivity index (χ4n) is 2.47. The van der Waals surface area contributed by atoms with Crippen molar-refractivity contribution in [3.05, 3.63) is 0 Å². The van der Waals surface area contributed by atoms with Gasteiger partial charge in [0.2, 0.25) is 0 Å². The standard InChI is InChI=1S/C12H25N3S/c1-2-12(3-5-13-4-1)14-6-7-15-8-10-16-11-9-15/h12-14H,1-11H2. The minimum Gasteiger partial charge on any atom is -0.317 e. The SMILES string of the molecule is C1CNCCC(NCCN2CCSCC2)C1. The van der Waals surface area contributed by atoms with Crippen molar-refractivity contribution in [1.29, 1.82) is 0 Å². The van der Waals surface area contributed by atoms with E-state index < -0.39 is 0 Å². The maximum absolute atomic E-state index is 3.72. The molecule has 2 aliphatic heterocycles. The predicted octanol–water partition coefficient (Wildman–Crippen LogP) is 0.767. The topological polar surface area (TPSA) is 27.3 Å². The van der Waals surface area contributed by atoms with Crippen LogP contribution < -0.4 is 10.6 Å². The van der Waals surface area contributed by atoms with Gasteiger partial charge in [0.05, 0.1) is 0 Å². The van der Waals surface area contributed by atoms with Crippen LogP contribution in [0.25, 0.3) is 0 Å². The molecule has 2 saturated heterocycles. The van der Waals surface area contributed by atoms with Gasteiger partial charge in [0, 0.05) is 43.7 Å². The molecule has 1 atom stereocenters. The van der Waals surface area contributed by atoms with Gasteiger partial charge in [0.1, 0.15) is 0 Å². The molecule has 1 unspecified atom stereocenters. The summed E-state index contributed by atoms with van der Waals surface area (Å²) in [4.78, 5) is 2.60. The number of nitrogens with zero attached hydrogens (tertiary/aromatic N) is 1. The summed E-state index contributed by atoms with van der Waals surface area (Å²) in [6.07, 6.45) is 3.98. The minimum atomic E-state index is 0.758. The van der Waals surface area contributed by atoms with Gasteiger partial charge in [-0.1, -0.05) is 0 Å². The van der Waals surface area contributed by atoms with Crippen molar-refractivity contribution in [2.24, 2.45) is 0 Å². The highest BCUT2D eigenvalue weighted by Crippen LogP contribution is 2.08. The Balaban J connectivity index is 1.55. The van der Waals surface area contributed by atoms with Crippen LogP contribution in [-0.4, -0.2) is 61.7 Å². The molecule has 0 radical (unpaired) electrons. The highest BCUT2D eigenvalue weighted by molar-refractivity contribution is 7.99. The van der Waals surface area contributed by atoms with Crippen LogP contribution in [0.4, 0.5) is 0 Å². The van der Waals surface area contributed by atoms with Gasteiger partial charge >= 0.3 is 0 Å². The molecule has 94 valence electrons.